The molecular weight excluding hydrogens is 378 g/mol. The molecule has 1 N–H and O–H groups in total. The zero-order valence-corrected chi connectivity index (χ0v) is 16.7. The van der Waals surface area contributed by atoms with Crippen LogP contribution in [0.4, 0.5) is 11.6 Å². The van der Waals surface area contributed by atoms with Crippen molar-refractivity contribution in [2.24, 2.45) is 0 Å². The van der Waals surface area contributed by atoms with Crippen molar-refractivity contribution in [1.82, 2.24) is 14.3 Å². The maximum Gasteiger partial charge on any atom is 0.223 e. The van der Waals surface area contributed by atoms with Crippen LogP contribution in [0.5, 0.6) is 0 Å². The monoisotopic (exact) mass is 403 g/mol. The maximum atomic E-state index is 11.7. The summed E-state index contributed by atoms with van der Waals surface area (Å²) >= 11 is 0. The summed E-state index contributed by atoms with van der Waals surface area (Å²) in [5, 5.41) is 4.43. The van der Waals surface area contributed by atoms with E-state index in [0.717, 1.165) is 48.9 Å². The Kier molecular flexibility index (Phi) is 4.41. The van der Waals surface area contributed by atoms with E-state index in [2.05, 4.69) is 27.3 Å². The van der Waals surface area contributed by atoms with E-state index in [1.807, 2.05) is 12.3 Å². The van der Waals surface area contributed by atoms with Crippen LogP contribution in [0.25, 0.3) is 10.9 Å². The summed E-state index contributed by atoms with van der Waals surface area (Å²) < 4.78 is 30.7. The van der Waals surface area contributed by atoms with Crippen LogP contribution in [0, 0.1) is 0 Å². The molecule has 9 heteroatoms. The lowest BCUT2D eigenvalue weighted by molar-refractivity contribution is -0.133. The highest BCUT2D eigenvalue weighted by Gasteiger charge is 2.38. The predicted octanol–water partition coefficient (Wildman–Crippen LogP) is 1.44. The number of sulfonamides is 1. The first-order chi connectivity index (χ1) is 13.5. The van der Waals surface area contributed by atoms with E-state index in [4.69, 9.17) is 9.72 Å². The van der Waals surface area contributed by atoms with Gasteiger partial charge in [-0.3, -0.25) is 0 Å². The molecule has 150 valence electrons. The molecule has 6 rings (SSSR count). The highest BCUT2D eigenvalue weighted by Crippen LogP contribution is 2.34. The quantitative estimate of drug-likeness (QED) is 0.826. The summed E-state index contributed by atoms with van der Waals surface area (Å²) in [4.78, 5) is 11.7. The number of anilines is 2. The number of ether oxygens (including phenoxy) is 1. The number of rotatable bonds is 4. The Balaban J connectivity index is 1.34. The fourth-order valence-electron chi connectivity index (χ4n) is 4.43. The number of para-hydroxylation sites is 1. The fourth-order valence-corrected chi connectivity index (χ4v) is 5.31. The molecule has 2 atom stereocenters. The van der Waals surface area contributed by atoms with Gasteiger partial charge in [-0.1, -0.05) is 12.1 Å². The second-order valence-corrected chi connectivity index (χ2v) is 9.99. The number of hydrogen-bond acceptors (Lipinski definition) is 7. The fraction of sp³-hybridized carbons (Fsp3) is 0.579. The third kappa shape index (κ3) is 3.42. The number of fused-ring (bicyclic) bond motifs is 3. The van der Waals surface area contributed by atoms with Crippen LogP contribution < -0.4 is 10.2 Å². The molecule has 4 aliphatic heterocycles. The molecule has 8 nitrogen and oxygen atoms in total. The number of morpholine rings is 1. The molecule has 1 aromatic heterocycles. The highest BCUT2D eigenvalue weighted by atomic mass is 32.2. The molecule has 0 spiro atoms. The van der Waals surface area contributed by atoms with Crippen molar-refractivity contribution in [3.05, 3.63) is 24.4 Å². The minimum absolute atomic E-state index is 0.179. The Hall–Kier alpha value is -1.97. The van der Waals surface area contributed by atoms with Crippen molar-refractivity contribution in [2.75, 3.05) is 42.7 Å². The number of nitrogens with one attached hydrogen (secondary N) is 1. The average Bonchev–Trinajstić information content (AvgIpc) is 2.67. The molecule has 2 aromatic rings. The first kappa shape index (κ1) is 18.1. The van der Waals surface area contributed by atoms with Crippen LogP contribution in [-0.4, -0.2) is 73.4 Å². The number of benzene rings is 1. The van der Waals surface area contributed by atoms with Gasteiger partial charge in [0.05, 0.1) is 29.7 Å². The van der Waals surface area contributed by atoms with E-state index in [1.165, 1.54) is 10.6 Å². The van der Waals surface area contributed by atoms with Crippen LogP contribution in [0.1, 0.15) is 19.3 Å². The van der Waals surface area contributed by atoms with Gasteiger partial charge in [0.2, 0.25) is 16.0 Å². The van der Waals surface area contributed by atoms with Crippen LogP contribution in [0.2, 0.25) is 0 Å². The first-order valence-corrected chi connectivity index (χ1v) is 11.7. The van der Waals surface area contributed by atoms with Gasteiger partial charge in [0.1, 0.15) is 0 Å². The molecule has 2 bridgehead atoms. The van der Waals surface area contributed by atoms with Crippen LogP contribution >= 0.6 is 0 Å². The highest BCUT2D eigenvalue weighted by molar-refractivity contribution is 7.88. The molecule has 4 fully saturated rings. The number of piperidine rings is 2. The Labute approximate surface area is 164 Å². The van der Waals surface area contributed by atoms with Gasteiger partial charge in [0, 0.05) is 50.2 Å². The lowest BCUT2D eigenvalue weighted by Crippen LogP contribution is -2.57. The van der Waals surface area contributed by atoms with Gasteiger partial charge < -0.3 is 15.0 Å². The number of aromatic nitrogens is 2. The predicted molar refractivity (Wildman–Crippen MR) is 108 cm³/mol. The molecule has 0 amide bonds. The maximum absolute atomic E-state index is 11.7. The van der Waals surface area contributed by atoms with E-state index in [9.17, 15) is 8.42 Å². The SMILES string of the molecule is CS(=O)(=O)N1CCC(Nc2ncc3cccc(N4C[C@H]5C[C@@H](C4)O5)c3n2)CC1. The van der Waals surface area contributed by atoms with Gasteiger partial charge >= 0.3 is 0 Å². The summed E-state index contributed by atoms with van der Waals surface area (Å²) in [6.07, 6.45) is 6.48. The Morgan fingerprint density at radius 2 is 1.89 bits per heavy atom. The van der Waals surface area contributed by atoms with Gasteiger partial charge in [-0.2, -0.15) is 0 Å². The molecule has 28 heavy (non-hydrogen) atoms. The molecule has 0 aliphatic carbocycles. The average molecular weight is 404 g/mol. The lowest BCUT2D eigenvalue weighted by Gasteiger charge is -2.48. The van der Waals surface area contributed by atoms with Gasteiger partial charge in [-0.05, 0) is 18.9 Å². The number of hydrogen-bond donors (Lipinski definition) is 1. The van der Waals surface area contributed by atoms with Gasteiger partial charge in [0.15, 0.2) is 0 Å². The van der Waals surface area contributed by atoms with E-state index in [1.54, 1.807) is 0 Å². The van der Waals surface area contributed by atoms with E-state index in [0.29, 0.717) is 31.2 Å². The minimum atomic E-state index is -3.11. The third-order valence-corrected chi connectivity index (χ3v) is 7.25. The standard InChI is InChI=1S/C19H25N5O3S/c1-28(25,26)24-7-5-14(6-8-24)21-19-20-10-13-3-2-4-17(18(13)22-19)23-11-15-9-16(12-23)27-15/h2-4,10,14-16H,5-9,11-12H2,1H3,(H,20,21,22)/t15-,16+. The number of nitrogens with zero attached hydrogens (tertiary/aromatic N) is 4. The van der Waals surface area contributed by atoms with Gasteiger partial charge in [0.25, 0.3) is 0 Å². The van der Waals surface area contributed by atoms with E-state index in [-0.39, 0.29) is 6.04 Å². The topological polar surface area (TPSA) is 87.7 Å². The summed E-state index contributed by atoms with van der Waals surface area (Å²) in [7, 11) is -3.11. The van der Waals surface area contributed by atoms with Crippen LogP contribution in [0.15, 0.2) is 24.4 Å². The summed E-state index contributed by atoms with van der Waals surface area (Å²) in [5.41, 5.74) is 2.09. The van der Waals surface area contributed by atoms with Crippen molar-refractivity contribution in [3.8, 4) is 0 Å². The van der Waals surface area contributed by atoms with Crippen LogP contribution in [0.3, 0.4) is 0 Å². The lowest BCUT2D eigenvalue weighted by atomic mass is 9.98. The molecule has 4 aliphatic rings. The molecule has 0 saturated carbocycles. The molecule has 4 saturated heterocycles. The van der Waals surface area contributed by atoms with E-state index < -0.39 is 10.0 Å². The van der Waals surface area contributed by atoms with Gasteiger partial charge in [-0.25, -0.2) is 22.7 Å². The first-order valence-electron chi connectivity index (χ1n) is 9.83. The van der Waals surface area contributed by atoms with Crippen molar-refractivity contribution < 1.29 is 13.2 Å². The van der Waals surface area contributed by atoms with Crippen LogP contribution in [-0.2, 0) is 14.8 Å². The Morgan fingerprint density at radius 3 is 2.57 bits per heavy atom. The normalized spacial score (nSPS) is 26.2. The second-order valence-electron chi connectivity index (χ2n) is 8.01. The summed E-state index contributed by atoms with van der Waals surface area (Å²) in [6, 6.07) is 6.39. The Bertz CT molecular complexity index is 974. The zero-order chi connectivity index (χ0) is 19.3. The molecule has 0 unspecified atom stereocenters. The van der Waals surface area contributed by atoms with Crippen molar-refractivity contribution in [1.29, 1.82) is 0 Å². The van der Waals surface area contributed by atoms with E-state index >= 15 is 0 Å². The summed E-state index contributed by atoms with van der Waals surface area (Å²) in [6.45, 7) is 2.89. The second kappa shape index (κ2) is 6.82. The minimum Gasteiger partial charge on any atom is -0.371 e. The van der Waals surface area contributed by atoms with Crippen molar-refractivity contribution in [2.45, 2.75) is 37.5 Å². The molecule has 1 aromatic carbocycles. The molecule has 0 radical (unpaired) electrons. The smallest absolute Gasteiger partial charge is 0.223 e. The van der Waals surface area contributed by atoms with Crippen molar-refractivity contribution in [3.63, 3.8) is 0 Å². The molecule has 5 heterocycles. The summed E-state index contributed by atoms with van der Waals surface area (Å²) in [5.74, 6) is 0.608. The third-order valence-electron chi connectivity index (χ3n) is 5.95. The molecular formula is C19H25N5O3S. The van der Waals surface area contributed by atoms with Crippen molar-refractivity contribution >= 4 is 32.6 Å². The van der Waals surface area contributed by atoms with Gasteiger partial charge in [-0.15, -0.1) is 0 Å². The zero-order valence-electron chi connectivity index (χ0n) is 15.9. The Morgan fingerprint density at radius 1 is 1.18 bits per heavy atom. The largest absolute Gasteiger partial charge is 0.371 e.